The number of hydrogen-bond donors (Lipinski definition) is 1. The van der Waals surface area contributed by atoms with Crippen LogP contribution in [0.2, 0.25) is 0 Å². The maximum absolute atomic E-state index is 12.8. The summed E-state index contributed by atoms with van der Waals surface area (Å²) in [5.74, 6) is 0.596. The molecule has 4 nitrogen and oxygen atoms in total. The molecule has 0 spiro atoms. The zero-order valence-corrected chi connectivity index (χ0v) is 17.6. The van der Waals surface area contributed by atoms with E-state index in [2.05, 4.69) is 54.0 Å². The molecule has 2 atom stereocenters. The predicted molar refractivity (Wildman–Crippen MR) is 120 cm³/mol. The van der Waals surface area contributed by atoms with E-state index in [9.17, 15) is 4.79 Å². The number of imidazole rings is 1. The van der Waals surface area contributed by atoms with Crippen LogP contribution in [0.25, 0.3) is 26.4 Å². The second kappa shape index (κ2) is 7.30. The van der Waals surface area contributed by atoms with Crippen molar-refractivity contribution in [1.82, 2.24) is 14.7 Å². The van der Waals surface area contributed by atoms with Gasteiger partial charge in [-0.1, -0.05) is 60.9 Å². The zero-order chi connectivity index (χ0) is 20.0. The van der Waals surface area contributed by atoms with Crippen molar-refractivity contribution in [3.63, 3.8) is 0 Å². The monoisotopic (exact) mass is 403 g/mol. The third-order valence-corrected chi connectivity index (χ3v) is 7.15. The summed E-state index contributed by atoms with van der Waals surface area (Å²) in [5.41, 5.74) is 5.18. The van der Waals surface area contributed by atoms with Crippen molar-refractivity contribution in [2.24, 2.45) is 5.92 Å². The maximum atomic E-state index is 12.8. The van der Waals surface area contributed by atoms with Crippen LogP contribution in [0, 0.1) is 12.8 Å². The lowest BCUT2D eigenvalue weighted by molar-refractivity contribution is 0.0910. The van der Waals surface area contributed by atoms with Gasteiger partial charge in [0.1, 0.15) is 0 Å². The van der Waals surface area contributed by atoms with Crippen LogP contribution >= 0.6 is 11.3 Å². The SMILES string of the molecule is Cc1ccc(-c2cn3c(n2)sc2cc(C(=O)NC4CCCCC4C)ccc23)cc1. The number of carbonyl (C=O) groups excluding carboxylic acids is 1. The summed E-state index contributed by atoms with van der Waals surface area (Å²) in [6.07, 6.45) is 6.86. The Morgan fingerprint density at radius 3 is 2.72 bits per heavy atom. The van der Waals surface area contributed by atoms with Gasteiger partial charge in [-0.25, -0.2) is 4.98 Å². The summed E-state index contributed by atoms with van der Waals surface area (Å²) in [5, 5.41) is 3.26. The average Bonchev–Trinajstić information content (AvgIpc) is 3.27. The molecule has 0 aliphatic heterocycles. The lowest BCUT2D eigenvalue weighted by atomic mass is 9.86. The quantitative estimate of drug-likeness (QED) is 0.467. The number of fused-ring (bicyclic) bond motifs is 3. The molecule has 1 N–H and O–H groups in total. The van der Waals surface area contributed by atoms with E-state index >= 15 is 0 Å². The minimum Gasteiger partial charge on any atom is -0.349 e. The number of rotatable bonds is 3. The number of benzene rings is 2. The van der Waals surface area contributed by atoms with Gasteiger partial charge >= 0.3 is 0 Å². The number of nitrogens with one attached hydrogen (secondary N) is 1. The zero-order valence-electron chi connectivity index (χ0n) is 16.8. The van der Waals surface area contributed by atoms with Crippen molar-refractivity contribution < 1.29 is 4.79 Å². The summed E-state index contributed by atoms with van der Waals surface area (Å²) >= 11 is 1.63. The number of hydrogen-bond acceptors (Lipinski definition) is 3. The Labute approximate surface area is 174 Å². The third kappa shape index (κ3) is 3.44. The molecule has 1 aliphatic rings. The maximum Gasteiger partial charge on any atom is 0.251 e. The standard InChI is InChI=1S/C24H25N3OS/c1-15-7-9-17(10-8-15)20-14-27-21-12-11-18(13-22(21)29-24(27)26-20)23(28)25-19-6-4-3-5-16(19)2/h7-14,16,19H,3-6H2,1-2H3,(H,25,28). The van der Waals surface area contributed by atoms with Gasteiger partial charge < -0.3 is 5.32 Å². The van der Waals surface area contributed by atoms with Crippen molar-refractivity contribution in [2.45, 2.75) is 45.6 Å². The molecule has 2 aromatic carbocycles. The lowest BCUT2D eigenvalue weighted by Gasteiger charge is -2.29. The summed E-state index contributed by atoms with van der Waals surface area (Å²) < 4.78 is 3.22. The molecule has 0 radical (unpaired) electrons. The van der Waals surface area contributed by atoms with Gasteiger partial charge in [0.2, 0.25) is 0 Å². The Bertz CT molecular complexity index is 1190. The van der Waals surface area contributed by atoms with Gasteiger partial charge in [0.15, 0.2) is 4.96 Å². The van der Waals surface area contributed by atoms with Crippen LogP contribution in [0.3, 0.4) is 0 Å². The van der Waals surface area contributed by atoms with Gasteiger partial charge in [0.25, 0.3) is 5.91 Å². The highest BCUT2D eigenvalue weighted by Gasteiger charge is 2.23. The number of aromatic nitrogens is 2. The molecular weight excluding hydrogens is 378 g/mol. The number of nitrogens with zero attached hydrogens (tertiary/aromatic N) is 2. The number of amides is 1. The molecule has 1 amide bonds. The van der Waals surface area contributed by atoms with E-state index in [1.807, 2.05) is 18.2 Å². The molecule has 5 heteroatoms. The molecule has 0 bridgehead atoms. The highest BCUT2D eigenvalue weighted by atomic mass is 32.1. The van der Waals surface area contributed by atoms with Crippen molar-refractivity contribution in [3.05, 3.63) is 59.8 Å². The molecule has 5 rings (SSSR count). The van der Waals surface area contributed by atoms with Crippen LogP contribution in [0.4, 0.5) is 0 Å². The highest BCUT2D eigenvalue weighted by molar-refractivity contribution is 7.23. The van der Waals surface area contributed by atoms with Crippen LogP contribution in [-0.4, -0.2) is 21.3 Å². The van der Waals surface area contributed by atoms with E-state index in [-0.39, 0.29) is 5.91 Å². The summed E-state index contributed by atoms with van der Waals surface area (Å²) in [7, 11) is 0. The second-order valence-corrected chi connectivity index (χ2v) is 9.28. The summed E-state index contributed by atoms with van der Waals surface area (Å²) in [6, 6.07) is 14.7. The van der Waals surface area contributed by atoms with E-state index in [0.29, 0.717) is 12.0 Å². The van der Waals surface area contributed by atoms with Gasteiger partial charge in [-0.05, 0) is 43.9 Å². The Morgan fingerprint density at radius 1 is 1.14 bits per heavy atom. The number of carbonyl (C=O) groups is 1. The first-order valence-corrected chi connectivity index (χ1v) is 11.2. The predicted octanol–water partition coefficient (Wildman–Crippen LogP) is 5.83. The molecule has 2 unspecified atom stereocenters. The first-order valence-electron chi connectivity index (χ1n) is 10.4. The van der Waals surface area contributed by atoms with Gasteiger partial charge in [-0.15, -0.1) is 0 Å². The fourth-order valence-corrected chi connectivity index (χ4v) is 5.34. The first kappa shape index (κ1) is 18.4. The lowest BCUT2D eigenvalue weighted by Crippen LogP contribution is -2.41. The minimum atomic E-state index is 0.0389. The molecule has 0 saturated heterocycles. The summed E-state index contributed by atoms with van der Waals surface area (Å²) in [6.45, 7) is 4.33. The second-order valence-electron chi connectivity index (χ2n) is 8.27. The van der Waals surface area contributed by atoms with Crippen LogP contribution < -0.4 is 5.32 Å². The fourth-order valence-electron chi connectivity index (χ4n) is 4.29. The largest absolute Gasteiger partial charge is 0.349 e. The molecule has 1 aliphatic carbocycles. The van der Waals surface area contributed by atoms with Crippen LogP contribution in [0.5, 0.6) is 0 Å². The van der Waals surface area contributed by atoms with Crippen LogP contribution in [0.15, 0.2) is 48.7 Å². The Kier molecular flexibility index (Phi) is 4.63. The molecule has 148 valence electrons. The van der Waals surface area contributed by atoms with Gasteiger partial charge in [-0.3, -0.25) is 9.20 Å². The Hall–Kier alpha value is -2.66. The normalized spacial score (nSPS) is 19.7. The topological polar surface area (TPSA) is 46.4 Å². The highest BCUT2D eigenvalue weighted by Crippen LogP contribution is 2.30. The van der Waals surface area contributed by atoms with E-state index in [1.54, 1.807) is 11.3 Å². The van der Waals surface area contributed by atoms with Crippen molar-refractivity contribution >= 4 is 32.4 Å². The summed E-state index contributed by atoms with van der Waals surface area (Å²) in [4.78, 5) is 18.6. The molecule has 1 saturated carbocycles. The molecular formula is C24H25N3OS. The van der Waals surface area contributed by atoms with E-state index in [1.165, 1.54) is 24.8 Å². The van der Waals surface area contributed by atoms with E-state index < -0.39 is 0 Å². The molecule has 2 heterocycles. The van der Waals surface area contributed by atoms with Crippen molar-refractivity contribution in [1.29, 1.82) is 0 Å². The first-order chi connectivity index (χ1) is 14.1. The van der Waals surface area contributed by atoms with Gasteiger partial charge in [0, 0.05) is 23.4 Å². The smallest absolute Gasteiger partial charge is 0.251 e. The molecule has 1 fully saturated rings. The Morgan fingerprint density at radius 2 is 1.93 bits per heavy atom. The van der Waals surface area contributed by atoms with Crippen LogP contribution in [0.1, 0.15) is 48.5 Å². The minimum absolute atomic E-state index is 0.0389. The fraction of sp³-hybridized carbons (Fsp3) is 0.333. The van der Waals surface area contributed by atoms with Crippen LogP contribution in [-0.2, 0) is 0 Å². The third-order valence-electron chi connectivity index (χ3n) is 6.13. The van der Waals surface area contributed by atoms with Crippen molar-refractivity contribution in [2.75, 3.05) is 0 Å². The molecule has 2 aromatic heterocycles. The van der Waals surface area contributed by atoms with Gasteiger partial charge in [0.05, 0.1) is 15.9 Å². The Balaban J connectivity index is 1.43. The van der Waals surface area contributed by atoms with E-state index in [0.717, 1.165) is 38.4 Å². The molecule has 29 heavy (non-hydrogen) atoms. The molecule has 4 aromatic rings. The average molecular weight is 404 g/mol. The van der Waals surface area contributed by atoms with E-state index in [4.69, 9.17) is 4.98 Å². The number of aryl methyl sites for hydroxylation is 1. The van der Waals surface area contributed by atoms with Crippen molar-refractivity contribution in [3.8, 4) is 11.3 Å². The number of thiazole rings is 1. The van der Waals surface area contributed by atoms with Gasteiger partial charge in [-0.2, -0.15) is 0 Å².